The fourth-order valence-corrected chi connectivity index (χ4v) is 6.91. The molecule has 3 aliphatic rings. The molecule has 3 heterocycles. The molecule has 0 spiro atoms. The number of carbonyl (C=O) groups excluding carboxylic acids is 2. The Morgan fingerprint density at radius 3 is 2.44 bits per heavy atom. The van der Waals surface area contributed by atoms with Crippen molar-refractivity contribution in [1.29, 1.82) is 0 Å². The maximum Gasteiger partial charge on any atom is 0.314 e. The molecule has 0 radical (unpaired) electrons. The van der Waals surface area contributed by atoms with Gasteiger partial charge in [-0.1, -0.05) is 17.7 Å². The molecule has 0 saturated carbocycles. The van der Waals surface area contributed by atoms with Crippen LogP contribution in [0.15, 0.2) is 33.3 Å². The van der Waals surface area contributed by atoms with Crippen LogP contribution in [0.2, 0.25) is 5.02 Å². The average molecular weight is 640 g/mol. The Hall–Kier alpha value is -1.68. The molecule has 10 heteroatoms. The van der Waals surface area contributed by atoms with Gasteiger partial charge in [-0.05, 0) is 92.3 Å². The standard InChI is InChI=1S/C26H30Br2ClN5O2/c27-18-14-17-1-2-19-20(3-4-21(29)23(19)28)25(24(17)31-15-18)33-11-9-32(10-12-33)22(35)13-16-5-7-34(8-6-16)26(30)36/h3-4,14-16,25H,1-2,5-13H2,(H2,30,36). The smallest absolute Gasteiger partial charge is 0.314 e. The van der Waals surface area contributed by atoms with Crippen molar-refractivity contribution >= 4 is 55.4 Å². The number of rotatable bonds is 3. The summed E-state index contributed by atoms with van der Waals surface area (Å²) in [6.45, 7) is 4.26. The third-order valence-electron chi connectivity index (χ3n) is 7.82. The van der Waals surface area contributed by atoms with E-state index in [1.807, 2.05) is 17.2 Å². The molecule has 1 atom stereocenters. The summed E-state index contributed by atoms with van der Waals surface area (Å²) in [6, 6.07) is 5.94. The summed E-state index contributed by atoms with van der Waals surface area (Å²) in [5.41, 5.74) is 10.2. The van der Waals surface area contributed by atoms with E-state index < -0.39 is 0 Å². The van der Waals surface area contributed by atoms with Crippen molar-refractivity contribution in [3.63, 3.8) is 0 Å². The van der Waals surface area contributed by atoms with Gasteiger partial charge in [0.05, 0.1) is 16.8 Å². The fourth-order valence-electron chi connectivity index (χ4n) is 5.80. The van der Waals surface area contributed by atoms with Gasteiger partial charge in [0, 0.05) is 60.8 Å². The molecule has 2 N–H and O–H groups in total. The maximum atomic E-state index is 13.1. The van der Waals surface area contributed by atoms with Gasteiger partial charge in [-0.3, -0.25) is 14.7 Å². The monoisotopic (exact) mass is 637 g/mol. The lowest BCUT2D eigenvalue weighted by molar-refractivity contribution is -0.134. The summed E-state index contributed by atoms with van der Waals surface area (Å²) >= 11 is 13.8. The normalized spacial score (nSPS) is 21.0. The van der Waals surface area contributed by atoms with Crippen LogP contribution in [-0.2, 0) is 17.6 Å². The van der Waals surface area contributed by atoms with Gasteiger partial charge in [-0.25, -0.2) is 4.79 Å². The van der Waals surface area contributed by atoms with Gasteiger partial charge < -0.3 is 15.5 Å². The van der Waals surface area contributed by atoms with Crippen LogP contribution in [0.4, 0.5) is 4.79 Å². The second-order valence-corrected chi connectivity index (χ2v) is 12.0. The Morgan fingerprint density at radius 2 is 1.75 bits per heavy atom. The number of carbonyl (C=O) groups is 2. The minimum absolute atomic E-state index is 0.0227. The lowest BCUT2D eigenvalue weighted by Gasteiger charge is -2.40. The quantitative estimate of drug-likeness (QED) is 0.525. The van der Waals surface area contributed by atoms with Gasteiger partial charge in [0.25, 0.3) is 0 Å². The summed E-state index contributed by atoms with van der Waals surface area (Å²) in [5.74, 6) is 0.530. The predicted octanol–water partition coefficient (Wildman–Crippen LogP) is 4.77. The number of pyridine rings is 1. The molecule has 1 aromatic carbocycles. The number of aryl methyl sites for hydroxylation is 1. The van der Waals surface area contributed by atoms with Gasteiger partial charge in [0.2, 0.25) is 5.91 Å². The summed E-state index contributed by atoms with van der Waals surface area (Å²) in [5, 5.41) is 0.727. The van der Waals surface area contributed by atoms with E-state index in [1.54, 1.807) is 4.90 Å². The third kappa shape index (κ3) is 5.30. The van der Waals surface area contributed by atoms with E-state index in [2.05, 4.69) is 48.9 Å². The average Bonchev–Trinajstić information content (AvgIpc) is 3.03. The van der Waals surface area contributed by atoms with Crippen LogP contribution >= 0.6 is 43.5 Å². The summed E-state index contributed by atoms with van der Waals surface area (Å²) < 4.78 is 1.95. The number of amides is 3. The van der Waals surface area contributed by atoms with E-state index >= 15 is 0 Å². The van der Waals surface area contributed by atoms with Crippen molar-refractivity contribution in [2.24, 2.45) is 11.7 Å². The number of piperazine rings is 1. The highest BCUT2D eigenvalue weighted by molar-refractivity contribution is 9.10. The number of nitrogens with two attached hydrogens (primary N) is 1. The molecule has 1 aromatic heterocycles. The SMILES string of the molecule is NC(=O)N1CCC(CC(=O)N2CCN(C3c4ccc(Cl)c(Br)c4CCc4cc(Br)cnc43)CC2)CC1. The highest BCUT2D eigenvalue weighted by Gasteiger charge is 2.34. The topological polar surface area (TPSA) is 82.8 Å². The molecule has 2 aromatic rings. The lowest BCUT2D eigenvalue weighted by atomic mass is 9.93. The van der Waals surface area contributed by atoms with Crippen molar-refractivity contribution in [1.82, 2.24) is 19.7 Å². The maximum absolute atomic E-state index is 13.1. The summed E-state index contributed by atoms with van der Waals surface area (Å²) in [4.78, 5) is 35.5. The molecular weight excluding hydrogens is 610 g/mol. The molecule has 2 saturated heterocycles. The molecule has 1 aliphatic carbocycles. The first-order valence-corrected chi connectivity index (χ1v) is 14.5. The predicted molar refractivity (Wildman–Crippen MR) is 147 cm³/mol. The van der Waals surface area contributed by atoms with E-state index in [9.17, 15) is 9.59 Å². The van der Waals surface area contributed by atoms with E-state index in [1.165, 1.54) is 16.7 Å². The van der Waals surface area contributed by atoms with Crippen LogP contribution in [0, 0.1) is 5.92 Å². The van der Waals surface area contributed by atoms with Gasteiger partial charge in [0.1, 0.15) is 0 Å². The minimum Gasteiger partial charge on any atom is -0.351 e. The molecule has 192 valence electrons. The second kappa shape index (κ2) is 11.0. The number of benzene rings is 1. The van der Waals surface area contributed by atoms with Gasteiger partial charge >= 0.3 is 6.03 Å². The van der Waals surface area contributed by atoms with Crippen LogP contribution in [0.1, 0.15) is 47.7 Å². The zero-order valence-electron chi connectivity index (χ0n) is 20.1. The Morgan fingerprint density at radius 1 is 1.03 bits per heavy atom. The Labute approximate surface area is 233 Å². The number of hydrogen-bond donors (Lipinski definition) is 1. The van der Waals surface area contributed by atoms with Crippen LogP contribution in [0.5, 0.6) is 0 Å². The van der Waals surface area contributed by atoms with Crippen molar-refractivity contribution in [3.8, 4) is 0 Å². The lowest BCUT2D eigenvalue weighted by Crippen LogP contribution is -2.50. The first kappa shape index (κ1) is 25.9. The Kier molecular flexibility index (Phi) is 7.91. The second-order valence-electron chi connectivity index (χ2n) is 9.92. The fraction of sp³-hybridized carbons (Fsp3) is 0.500. The number of likely N-dealkylation sites (tertiary alicyclic amines) is 1. The molecule has 5 rings (SSSR count). The molecule has 7 nitrogen and oxygen atoms in total. The number of hydrogen-bond acceptors (Lipinski definition) is 4. The molecule has 2 fully saturated rings. The highest BCUT2D eigenvalue weighted by Crippen LogP contribution is 2.41. The first-order valence-electron chi connectivity index (χ1n) is 12.5. The van der Waals surface area contributed by atoms with Crippen molar-refractivity contribution in [2.75, 3.05) is 39.3 Å². The van der Waals surface area contributed by atoms with Crippen LogP contribution < -0.4 is 5.73 Å². The van der Waals surface area contributed by atoms with Gasteiger partial charge in [0.15, 0.2) is 0 Å². The number of urea groups is 1. The molecule has 1 unspecified atom stereocenters. The molecule has 3 amide bonds. The summed E-state index contributed by atoms with van der Waals surface area (Å²) in [6.07, 6.45) is 5.89. The van der Waals surface area contributed by atoms with Crippen LogP contribution in [-0.4, -0.2) is 70.9 Å². The molecule has 0 bridgehead atoms. The first-order chi connectivity index (χ1) is 17.3. The van der Waals surface area contributed by atoms with Crippen molar-refractivity contribution in [2.45, 2.75) is 38.1 Å². The van der Waals surface area contributed by atoms with E-state index in [4.69, 9.17) is 22.3 Å². The number of halogens is 3. The number of aromatic nitrogens is 1. The highest BCUT2D eigenvalue weighted by atomic mass is 79.9. The van der Waals surface area contributed by atoms with E-state index in [0.29, 0.717) is 38.5 Å². The number of primary amides is 1. The minimum atomic E-state index is -0.367. The van der Waals surface area contributed by atoms with Crippen LogP contribution in [0.3, 0.4) is 0 Å². The summed E-state index contributed by atoms with van der Waals surface area (Å²) in [7, 11) is 0. The number of fused-ring (bicyclic) bond motifs is 2. The zero-order valence-corrected chi connectivity index (χ0v) is 24.0. The van der Waals surface area contributed by atoms with Gasteiger partial charge in [-0.2, -0.15) is 0 Å². The van der Waals surface area contributed by atoms with Gasteiger partial charge in [-0.15, -0.1) is 0 Å². The number of nitrogens with zero attached hydrogens (tertiary/aromatic N) is 4. The number of piperidine rings is 1. The molecule has 36 heavy (non-hydrogen) atoms. The largest absolute Gasteiger partial charge is 0.351 e. The molecular formula is C26H30Br2ClN5O2. The Balaban J connectivity index is 1.30. The van der Waals surface area contributed by atoms with E-state index in [0.717, 1.165) is 58.4 Å². The van der Waals surface area contributed by atoms with Crippen molar-refractivity contribution in [3.05, 3.63) is 60.7 Å². The third-order valence-corrected chi connectivity index (χ3v) is 9.70. The molecule has 2 aliphatic heterocycles. The van der Waals surface area contributed by atoms with Crippen LogP contribution in [0.25, 0.3) is 0 Å². The van der Waals surface area contributed by atoms with Crippen molar-refractivity contribution < 1.29 is 9.59 Å². The Bertz CT molecular complexity index is 1160. The van der Waals surface area contributed by atoms with E-state index in [-0.39, 0.29) is 18.0 Å². The zero-order chi connectivity index (χ0) is 25.4.